The molecule has 10 nitrogen and oxygen atoms in total. The molecule has 0 aliphatic carbocycles. The second kappa shape index (κ2) is 7.69. The van der Waals surface area contributed by atoms with Crippen LogP contribution >= 0.6 is 0 Å². The maximum Gasteiger partial charge on any atom is 0.341 e. The number of rotatable bonds is 4. The maximum absolute atomic E-state index is 13.0. The van der Waals surface area contributed by atoms with Gasteiger partial charge in [0.25, 0.3) is 5.91 Å². The molecule has 1 aliphatic heterocycles. The van der Waals surface area contributed by atoms with Crippen molar-refractivity contribution in [3.8, 4) is 5.69 Å². The fraction of sp³-hybridized carbons (Fsp3) is 0.500. The quantitative estimate of drug-likeness (QED) is 0.714. The van der Waals surface area contributed by atoms with E-state index in [2.05, 4.69) is 5.10 Å². The lowest BCUT2D eigenvalue weighted by molar-refractivity contribution is -0.194. The summed E-state index contributed by atoms with van der Waals surface area (Å²) in [5.74, 6) is -1.20. The first kappa shape index (κ1) is 21.7. The van der Waals surface area contributed by atoms with Crippen LogP contribution in [0.2, 0.25) is 0 Å². The topological polar surface area (TPSA) is 116 Å². The normalized spacial score (nSPS) is 19.5. The van der Waals surface area contributed by atoms with Crippen molar-refractivity contribution in [3.05, 3.63) is 40.9 Å². The number of hydrogen-bond acceptors (Lipinski definition) is 7. The molecule has 0 saturated carbocycles. The van der Waals surface area contributed by atoms with Crippen LogP contribution < -0.4 is 10.5 Å². The van der Waals surface area contributed by atoms with Crippen molar-refractivity contribution in [2.45, 2.75) is 45.0 Å². The summed E-state index contributed by atoms with van der Waals surface area (Å²) < 4.78 is 13.6. The molecule has 162 valence electrons. The largest absolute Gasteiger partial charge is 0.458 e. The van der Waals surface area contributed by atoms with Crippen molar-refractivity contribution in [1.29, 1.82) is 0 Å². The van der Waals surface area contributed by atoms with Crippen molar-refractivity contribution in [1.82, 2.24) is 14.3 Å². The minimum Gasteiger partial charge on any atom is -0.458 e. The van der Waals surface area contributed by atoms with Gasteiger partial charge in [-0.2, -0.15) is 0 Å². The van der Waals surface area contributed by atoms with Crippen LogP contribution in [0.1, 0.15) is 27.7 Å². The van der Waals surface area contributed by atoms with E-state index in [-0.39, 0.29) is 18.7 Å². The highest BCUT2D eigenvalue weighted by Gasteiger charge is 2.50. The smallest absolute Gasteiger partial charge is 0.341 e. The van der Waals surface area contributed by atoms with Gasteiger partial charge < -0.3 is 19.1 Å². The first-order valence-corrected chi connectivity index (χ1v) is 9.52. The molecule has 30 heavy (non-hydrogen) atoms. The summed E-state index contributed by atoms with van der Waals surface area (Å²) in [5, 5.41) is 15.1. The minimum absolute atomic E-state index is 0.113. The summed E-state index contributed by atoms with van der Waals surface area (Å²) in [7, 11) is 1.63. The molecule has 3 rings (SSSR count). The van der Waals surface area contributed by atoms with Gasteiger partial charge in [-0.3, -0.25) is 14.5 Å². The van der Waals surface area contributed by atoms with Crippen LogP contribution in [-0.4, -0.2) is 61.8 Å². The third kappa shape index (κ3) is 4.29. The van der Waals surface area contributed by atoms with E-state index in [1.165, 1.54) is 27.1 Å². The molecule has 2 atom stereocenters. The molecule has 1 fully saturated rings. The highest BCUT2D eigenvalue weighted by atomic mass is 16.6. The molecule has 3 heterocycles. The Hall–Kier alpha value is -2.98. The van der Waals surface area contributed by atoms with Crippen LogP contribution in [-0.2, 0) is 26.1 Å². The Labute approximate surface area is 173 Å². The molecule has 1 unspecified atom stereocenters. The predicted octanol–water partition coefficient (Wildman–Crippen LogP) is 0.395. The van der Waals surface area contributed by atoms with Crippen molar-refractivity contribution in [2.75, 3.05) is 18.1 Å². The molecule has 10 heteroatoms. The molecular formula is C20H26N4O6. The summed E-state index contributed by atoms with van der Waals surface area (Å²) in [6.45, 7) is 6.54. The van der Waals surface area contributed by atoms with E-state index in [0.717, 1.165) is 0 Å². The second-order valence-electron chi connectivity index (χ2n) is 8.35. The maximum atomic E-state index is 13.0. The first-order chi connectivity index (χ1) is 13.9. The number of anilines is 1. The lowest BCUT2D eigenvalue weighted by atomic mass is 9.96. The van der Waals surface area contributed by atoms with E-state index >= 15 is 0 Å². The Kier molecular flexibility index (Phi) is 5.57. The Bertz CT molecular complexity index is 1020. The molecule has 2 aromatic heterocycles. The number of aliphatic hydroxyl groups is 1. The highest BCUT2D eigenvalue weighted by Crippen LogP contribution is 2.26. The van der Waals surface area contributed by atoms with E-state index in [1.807, 2.05) is 0 Å². The van der Waals surface area contributed by atoms with Crippen LogP contribution in [0.25, 0.3) is 5.69 Å². The zero-order valence-corrected chi connectivity index (χ0v) is 17.7. The van der Waals surface area contributed by atoms with Gasteiger partial charge in [-0.15, -0.1) is 5.10 Å². The van der Waals surface area contributed by atoms with Gasteiger partial charge in [0.15, 0.2) is 17.5 Å². The van der Waals surface area contributed by atoms with Crippen molar-refractivity contribution < 1.29 is 24.2 Å². The number of esters is 1. The first-order valence-electron chi connectivity index (χ1n) is 9.52. The Balaban J connectivity index is 1.83. The molecule has 0 bridgehead atoms. The number of ether oxygens (including phenoxy) is 2. The van der Waals surface area contributed by atoms with Gasteiger partial charge in [-0.25, -0.2) is 9.48 Å². The number of aryl methyl sites for hydroxylation is 1. The lowest BCUT2D eigenvalue weighted by Gasteiger charge is -2.38. The average molecular weight is 418 g/mol. The van der Waals surface area contributed by atoms with Crippen molar-refractivity contribution in [3.63, 3.8) is 0 Å². The number of amides is 1. The number of carbonyl (C=O) groups excluding carboxylic acids is 2. The van der Waals surface area contributed by atoms with Gasteiger partial charge in [-0.05, 0) is 33.8 Å². The van der Waals surface area contributed by atoms with Gasteiger partial charge in [0.2, 0.25) is 5.56 Å². The SMILES string of the molecule is Cn1cc(-n2ccc(N3CCO[C@H](C(C)(O)C(=O)OC(C)(C)C)C3=O)n2)ccc1=O. The van der Waals surface area contributed by atoms with Crippen LogP contribution in [0, 0.1) is 0 Å². The number of carbonyl (C=O) groups is 2. The van der Waals surface area contributed by atoms with E-state index in [9.17, 15) is 19.5 Å². The van der Waals surface area contributed by atoms with Crippen LogP contribution in [0.15, 0.2) is 35.4 Å². The summed E-state index contributed by atoms with van der Waals surface area (Å²) >= 11 is 0. The zero-order valence-electron chi connectivity index (χ0n) is 17.7. The molecule has 1 N–H and O–H groups in total. The van der Waals surface area contributed by atoms with Crippen LogP contribution in [0.5, 0.6) is 0 Å². The predicted molar refractivity (Wildman–Crippen MR) is 107 cm³/mol. The summed E-state index contributed by atoms with van der Waals surface area (Å²) in [6.07, 6.45) is 1.85. The second-order valence-corrected chi connectivity index (χ2v) is 8.35. The van der Waals surface area contributed by atoms with E-state index in [0.29, 0.717) is 11.5 Å². The van der Waals surface area contributed by atoms with E-state index < -0.39 is 29.2 Å². The third-order valence-electron chi connectivity index (χ3n) is 4.60. The van der Waals surface area contributed by atoms with E-state index in [4.69, 9.17) is 9.47 Å². The number of nitrogens with zero attached hydrogens (tertiary/aromatic N) is 4. The van der Waals surface area contributed by atoms with Gasteiger partial charge in [-0.1, -0.05) is 0 Å². The molecule has 1 saturated heterocycles. The Morgan fingerprint density at radius 1 is 1.23 bits per heavy atom. The number of aromatic nitrogens is 3. The Morgan fingerprint density at radius 3 is 2.57 bits per heavy atom. The number of pyridine rings is 1. The average Bonchev–Trinajstić information content (AvgIpc) is 3.12. The van der Waals surface area contributed by atoms with Gasteiger partial charge in [0, 0.05) is 31.6 Å². The fourth-order valence-electron chi connectivity index (χ4n) is 3.02. The summed E-state index contributed by atoms with van der Waals surface area (Å²) in [4.78, 5) is 38.4. The molecule has 0 aromatic carbocycles. The summed E-state index contributed by atoms with van der Waals surface area (Å²) in [6, 6.07) is 4.68. The van der Waals surface area contributed by atoms with E-state index in [1.54, 1.807) is 52.3 Å². The molecule has 0 spiro atoms. The number of hydrogen-bond donors (Lipinski definition) is 1. The highest BCUT2D eigenvalue weighted by molar-refractivity contribution is 6.01. The zero-order chi connectivity index (χ0) is 22.3. The molecule has 0 radical (unpaired) electrons. The molecule has 2 aromatic rings. The van der Waals surface area contributed by atoms with Crippen molar-refractivity contribution in [2.24, 2.45) is 7.05 Å². The van der Waals surface area contributed by atoms with Gasteiger partial charge >= 0.3 is 5.97 Å². The monoisotopic (exact) mass is 418 g/mol. The third-order valence-corrected chi connectivity index (χ3v) is 4.60. The fourth-order valence-corrected chi connectivity index (χ4v) is 3.02. The lowest BCUT2D eigenvalue weighted by Crippen LogP contribution is -2.61. The summed E-state index contributed by atoms with van der Waals surface area (Å²) in [5.41, 5.74) is -2.50. The van der Waals surface area contributed by atoms with Crippen molar-refractivity contribution >= 4 is 17.7 Å². The molecule has 1 amide bonds. The Morgan fingerprint density at radius 2 is 1.93 bits per heavy atom. The van der Waals surface area contributed by atoms with Gasteiger partial charge in [0.05, 0.1) is 18.8 Å². The standard InChI is InChI=1S/C20H26N4O6/c1-19(2,3)30-18(27)20(4,28)16-17(26)23(10-11-29-16)14-8-9-24(21-14)13-6-7-15(25)22(5)12-13/h6-9,12,16,28H,10-11H2,1-5H3/t16-,20?/m0/s1. The minimum atomic E-state index is -2.16. The molecular weight excluding hydrogens is 392 g/mol. The van der Waals surface area contributed by atoms with Gasteiger partial charge in [0.1, 0.15) is 5.60 Å². The number of morpholine rings is 1. The van der Waals surface area contributed by atoms with Crippen LogP contribution in [0.4, 0.5) is 5.82 Å². The molecule has 1 aliphatic rings. The van der Waals surface area contributed by atoms with Crippen LogP contribution in [0.3, 0.4) is 0 Å².